The second-order valence-electron chi connectivity index (χ2n) is 3.44. The zero-order valence-electron chi connectivity index (χ0n) is 8.39. The third-order valence-corrected chi connectivity index (χ3v) is 2.28. The van der Waals surface area contributed by atoms with Gasteiger partial charge in [0.15, 0.2) is 0 Å². The molecule has 0 saturated heterocycles. The lowest BCUT2D eigenvalue weighted by Gasteiger charge is -2.08. The summed E-state index contributed by atoms with van der Waals surface area (Å²) in [5.74, 6) is -0.257. The van der Waals surface area contributed by atoms with E-state index in [0.717, 1.165) is 11.3 Å². The number of aryl methyl sites for hydroxylation is 1. The van der Waals surface area contributed by atoms with E-state index in [9.17, 15) is 4.39 Å². The quantitative estimate of drug-likeness (QED) is 0.809. The maximum Gasteiger partial charge on any atom is 0.123 e. The van der Waals surface area contributed by atoms with Crippen molar-refractivity contribution in [2.45, 2.75) is 6.04 Å². The summed E-state index contributed by atoms with van der Waals surface area (Å²) in [6.07, 6.45) is 1.83. The van der Waals surface area contributed by atoms with E-state index in [0.29, 0.717) is 0 Å². The van der Waals surface area contributed by atoms with Gasteiger partial charge >= 0.3 is 0 Å². The van der Waals surface area contributed by atoms with Gasteiger partial charge in [-0.25, -0.2) is 4.39 Å². The normalized spacial score (nSPS) is 12.7. The Kier molecular flexibility index (Phi) is 2.51. The maximum atomic E-state index is 12.7. The van der Waals surface area contributed by atoms with Gasteiger partial charge in [-0.2, -0.15) is 5.10 Å². The first-order chi connectivity index (χ1) is 7.16. The summed E-state index contributed by atoms with van der Waals surface area (Å²) in [6.45, 7) is 0. The summed E-state index contributed by atoms with van der Waals surface area (Å²) in [5, 5.41) is 4.21. The highest BCUT2D eigenvalue weighted by molar-refractivity contribution is 5.26. The Bertz CT molecular complexity index is 447. The van der Waals surface area contributed by atoms with E-state index in [4.69, 9.17) is 5.73 Å². The van der Waals surface area contributed by atoms with Gasteiger partial charge in [0.25, 0.3) is 0 Å². The Morgan fingerprint density at radius 1 is 1.27 bits per heavy atom. The van der Waals surface area contributed by atoms with Crippen LogP contribution in [0.15, 0.2) is 36.5 Å². The van der Waals surface area contributed by atoms with Gasteiger partial charge in [-0.15, -0.1) is 0 Å². The molecule has 1 unspecified atom stereocenters. The highest BCUT2D eigenvalue weighted by atomic mass is 19.1. The van der Waals surface area contributed by atoms with Crippen LogP contribution < -0.4 is 5.73 Å². The van der Waals surface area contributed by atoms with E-state index in [2.05, 4.69) is 5.10 Å². The number of benzene rings is 1. The van der Waals surface area contributed by atoms with Crippen molar-refractivity contribution in [3.63, 3.8) is 0 Å². The molecule has 0 saturated carbocycles. The Balaban J connectivity index is 2.28. The highest BCUT2D eigenvalue weighted by Gasteiger charge is 2.11. The zero-order valence-corrected chi connectivity index (χ0v) is 8.39. The van der Waals surface area contributed by atoms with Gasteiger partial charge in [-0.3, -0.25) is 4.68 Å². The molecule has 3 nitrogen and oxygen atoms in total. The smallest absolute Gasteiger partial charge is 0.123 e. The van der Waals surface area contributed by atoms with Crippen LogP contribution in [0.25, 0.3) is 0 Å². The van der Waals surface area contributed by atoms with E-state index < -0.39 is 0 Å². The van der Waals surface area contributed by atoms with Crippen LogP contribution >= 0.6 is 0 Å². The molecule has 0 fully saturated rings. The molecule has 1 atom stereocenters. The van der Waals surface area contributed by atoms with Crippen molar-refractivity contribution in [3.8, 4) is 0 Å². The van der Waals surface area contributed by atoms with Crippen LogP contribution in [0.1, 0.15) is 17.3 Å². The SMILES string of the molecule is Cn1ccc(C(N)c2ccc(F)cc2)n1. The highest BCUT2D eigenvalue weighted by Crippen LogP contribution is 2.17. The maximum absolute atomic E-state index is 12.7. The zero-order chi connectivity index (χ0) is 10.8. The molecule has 0 aliphatic carbocycles. The number of aromatic nitrogens is 2. The van der Waals surface area contributed by atoms with Crippen LogP contribution in [0.3, 0.4) is 0 Å². The Morgan fingerprint density at radius 2 is 1.93 bits per heavy atom. The minimum atomic E-state index is -0.299. The summed E-state index contributed by atoms with van der Waals surface area (Å²) in [4.78, 5) is 0. The van der Waals surface area contributed by atoms with E-state index in [1.54, 1.807) is 16.8 Å². The van der Waals surface area contributed by atoms with Crippen molar-refractivity contribution in [3.05, 3.63) is 53.6 Å². The predicted molar refractivity (Wildman–Crippen MR) is 55.6 cm³/mol. The summed E-state index contributed by atoms with van der Waals surface area (Å²) >= 11 is 0. The van der Waals surface area contributed by atoms with Crippen molar-refractivity contribution >= 4 is 0 Å². The molecule has 0 spiro atoms. The molecule has 0 aliphatic heterocycles. The summed E-state index contributed by atoms with van der Waals surface area (Å²) < 4.78 is 14.4. The number of nitrogens with zero attached hydrogens (tertiary/aromatic N) is 2. The third kappa shape index (κ3) is 2.05. The Hall–Kier alpha value is -1.68. The molecule has 1 aromatic carbocycles. The fourth-order valence-electron chi connectivity index (χ4n) is 1.44. The van der Waals surface area contributed by atoms with Crippen molar-refractivity contribution in [2.75, 3.05) is 0 Å². The average Bonchev–Trinajstić information content (AvgIpc) is 2.65. The summed E-state index contributed by atoms with van der Waals surface area (Å²) in [5.41, 5.74) is 7.62. The minimum absolute atomic E-state index is 0.257. The fraction of sp³-hybridized carbons (Fsp3) is 0.182. The lowest BCUT2D eigenvalue weighted by molar-refractivity contribution is 0.626. The number of nitrogens with two attached hydrogens (primary N) is 1. The lowest BCUT2D eigenvalue weighted by atomic mass is 10.1. The summed E-state index contributed by atoms with van der Waals surface area (Å²) in [7, 11) is 1.83. The van der Waals surface area contributed by atoms with E-state index in [1.807, 2.05) is 19.3 Å². The van der Waals surface area contributed by atoms with Crippen LogP contribution in [-0.2, 0) is 7.05 Å². The van der Waals surface area contributed by atoms with Gasteiger partial charge in [-0.05, 0) is 23.8 Å². The second-order valence-corrected chi connectivity index (χ2v) is 3.44. The van der Waals surface area contributed by atoms with Crippen molar-refractivity contribution in [1.29, 1.82) is 0 Å². The minimum Gasteiger partial charge on any atom is -0.319 e. The van der Waals surface area contributed by atoms with Crippen molar-refractivity contribution < 1.29 is 4.39 Å². The molecule has 78 valence electrons. The van der Waals surface area contributed by atoms with Crippen LogP contribution in [0.5, 0.6) is 0 Å². The van der Waals surface area contributed by atoms with Crippen molar-refractivity contribution in [1.82, 2.24) is 9.78 Å². The molecule has 2 rings (SSSR count). The first-order valence-corrected chi connectivity index (χ1v) is 4.67. The van der Waals surface area contributed by atoms with Gasteiger partial charge in [0.1, 0.15) is 5.82 Å². The van der Waals surface area contributed by atoms with E-state index in [1.165, 1.54) is 12.1 Å². The van der Waals surface area contributed by atoms with Crippen LogP contribution in [0.4, 0.5) is 4.39 Å². The molecular weight excluding hydrogens is 193 g/mol. The van der Waals surface area contributed by atoms with Gasteiger partial charge in [0.2, 0.25) is 0 Å². The van der Waals surface area contributed by atoms with Crippen LogP contribution in [0.2, 0.25) is 0 Å². The number of hydrogen-bond donors (Lipinski definition) is 1. The molecule has 1 heterocycles. The number of halogens is 1. The molecule has 15 heavy (non-hydrogen) atoms. The molecule has 2 N–H and O–H groups in total. The molecule has 0 bridgehead atoms. The monoisotopic (exact) mass is 205 g/mol. The van der Waals surface area contributed by atoms with Gasteiger partial charge < -0.3 is 5.73 Å². The lowest BCUT2D eigenvalue weighted by Crippen LogP contribution is -2.12. The summed E-state index contributed by atoms with van der Waals surface area (Å²) in [6, 6.07) is 7.71. The van der Waals surface area contributed by atoms with Crippen LogP contribution in [-0.4, -0.2) is 9.78 Å². The predicted octanol–water partition coefficient (Wildman–Crippen LogP) is 1.61. The standard InChI is InChI=1S/C11H12FN3/c1-15-7-6-10(14-15)11(13)8-2-4-9(12)5-3-8/h2-7,11H,13H2,1H3. The molecule has 0 aliphatic rings. The van der Waals surface area contributed by atoms with Gasteiger partial charge in [0, 0.05) is 13.2 Å². The first-order valence-electron chi connectivity index (χ1n) is 4.67. The van der Waals surface area contributed by atoms with Gasteiger partial charge in [-0.1, -0.05) is 12.1 Å². The first kappa shape index (κ1) is 9.86. The van der Waals surface area contributed by atoms with E-state index in [-0.39, 0.29) is 11.9 Å². The Labute approximate surface area is 87.3 Å². The average molecular weight is 205 g/mol. The molecule has 1 aromatic heterocycles. The largest absolute Gasteiger partial charge is 0.319 e. The van der Waals surface area contributed by atoms with Crippen molar-refractivity contribution in [2.24, 2.45) is 12.8 Å². The molecule has 2 aromatic rings. The van der Waals surface area contributed by atoms with E-state index >= 15 is 0 Å². The Morgan fingerprint density at radius 3 is 2.47 bits per heavy atom. The molecule has 4 heteroatoms. The van der Waals surface area contributed by atoms with Crippen LogP contribution in [0, 0.1) is 5.82 Å². The fourth-order valence-corrected chi connectivity index (χ4v) is 1.44. The second kappa shape index (κ2) is 3.82. The number of rotatable bonds is 2. The molecular formula is C11H12FN3. The third-order valence-electron chi connectivity index (χ3n) is 2.28. The van der Waals surface area contributed by atoms with Gasteiger partial charge in [0.05, 0.1) is 11.7 Å². The molecule has 0 amide bonds. The topological polar surface area (TPSA) is 43.8 Å². The number of hydrogen-bond acceptors (Lipinski definition) is 2. The molecule has 0 radical (unpaired) electrons.